The van der Waals surface area contributed by atoms with Crippen molar-refractivity contribution < 1.29 is 558 Å². The van der Waals surface area contributed by atoms with Crippen LogP contribution in [0.4, 0.5) is 0 Å². The zero-order chi connectivity index (χ0) is 84.3. The molecule has 640 valence electrons. The van der Waals surface area contributed by atoms with Crippen LogP contribution in [0.2, 0.25) is 0 Å². The normalized spacial score (nSPS) is 24.4. The maximum atomic E-state index is 11.9. The van der Waals surface area contributed by atoms with Crippen LogP contribution < -0.4 is 330 Å². The quantitative estimate of drug-likeness (QED) is 0.00901. The second-order valence-electron chi connectivity index (χ2n) is 19.6. The molecule has 0 spiro atoms. The van der Waals surface area contributed by atoms with E-state index in [9.17, 15) is 77.8 Å². The molecule has 6 N–H and O–H groups in total. The van der Waals surface area contributed by atoms with Crippen molar-refractivity contribution in [3.63, 3.8) is 0 Å². The third kappa shape index (κ3) is 75.3. The molecule has 7 rings (SSSR count). The molecule has 0 aliphatic carbocycles. The minimum absolute atomic E-state index is 0. The fourth-order valence-electron chi connectivity index (χ4n) is 8.09. The van der Waals surface area contributed by atoms with Gasteiger partial charge in [0.1, 0.15) is 49.0 Å². The maximum Gasteiger partial charge on any atom is 1.00 e. The number of H-pyrrole nitrogens is 1. The van der Waals surface area contributed by atoms with Crippen molar-refractivity contribution in [1.82, 2.24) is 40.3 Å². The zero-order valence-electron chi connectivity index (χ0n) is 63.2. The summed E-state index contributed by atoms with van der Waals surface area (Å²) in [6.07, 6.45) is -17.5. The first kappa shape index (κ1) is 148. The van der Waals surface area contributed by atoms with Gasteiger partial charge in [-0.3, -0.25) is 37.6 Å². The smallest absolute Gasteiger partial charge is 0.726 e. The molecule has 0 saturated carbocycles. The van der Waals surface area contributed by atoms with Crippen molar-refractivity contribution in [3.05, 3.63) is 68.3 Å². The average Bonchev–Trinajstić information content (AvgIpc) is 1.59. The van der Waals surface area contributed by atoms with E-state index < -0.39 is 244 Å². The Labute approximate surface area is 937 Å². The number of nitrogens with zero attached hydrogens (tertiary/aromatic N) is 8. The summed E-state index contributed by atoms with van der Waals surface area (Å²) in [5, 5.41) is 20.7. The van der Waals surface area contributed by atoms with Gasteiger partial charge in [0.15, 0.2) is 12.5 Å². The average molecular weight is 2100 g/mol. The van der Waals surface area contributed by atoms with Crippen molar-refractivity contribution in [3.8, 4) is 0 Å². The van der Waals surface area contributed by atoms with E-state index in [2.05, 4.69) is 63.0 Å². The van der Waals surface area contributed by atoms with E-state index in [0.29, 0.717) is 12.8 Å². The molecule has 4 aliphatic heterocycles. The molecule has 61 nitrogen and oxygen atoms in total. The number of aromatic nitrogens is 9. The number of alkyl halides is 2. The predicted octanol–water partition coefficient (Wildman–Crippen LogP) is -44.2. The van der Waals surface area contributed by atoms with Crippen LogP contribution in [0.5, 0.6) is 0 Å². The second-order valence-corrected chi connectivity index (χ2v) is 30.7. The molecule has 4 saturated heterocycles. The maximum absolute atomic E-state index is 11.9. The van der Waals surface area contributed by atoms with Crippen LogP contribution in [0.15, 0.2) is 18.6 Å². The number of halogens is 2. The Morgan fingerprint density at radius 3 is 1.15 bits per heavy atom. The molecule has 7 heterocycles. The number of aromatic amines is 1. The zero-order valence-corrected chi connectivity index (χ0v) is 95.7. The molecule has 0 aromatic carbocycles. The number of hydrogen-bond acceptors (Lipinski definition) is 52. The van der Waals surface area contributed by atoms with Gasteiger partial charge in [-0.05, 0) is 25.2 Å². The van der Waals surface area contributed by atoms with E-state index in [-0.39, 0.29) is 355 Å². The van der Waals surface area contributed by atoms with Crippen molar-refractivity contribution in [2.45, 2.75) is 137 Å². The van der Waals surface area contributed by atoms with Gasteiger partial charge >= 0.3 is 325 Å². The molecule has 15 atom stereocenters. The van der Waals surface area contributed by atoms with E-state index in [4.69, 9.17) is 149 Å². The van der Waals surface area contributed by atoms with Crippen molar-refractivity contribution >= 4 is 138 Å². The van der Waals surface area contributed by atoms with Crippen LogP contribution in [-0.2, 0) is 217 Å². The molecule has 85 heteroatoms. The Balaban J connectivity index is -0.000000368. The van der Waals surface area contributed by atoms with Gasteiger partial charge in [0.05, 0.1) is 50.6 Å². The standard InChI is InChI=1S/C35H48Cl2N9O32S6.11Na.5H2O4S/c1-3-65-14-19-8-45(41-38-19)12-28-32(77-83(59,60)61)23(73-79(47,48)49)5-31(69-28)67-16-21-10-46(43-40-21)13-29-33(78-84(62,63)64)24(74-80(50,51)52)6-30(70-29)66-15-20-9-44(42-39-20)11-27-26(76-82(56,57)58)7-35(17-36,71-27)72-34-25(75-81(53,54)55)4-22(37)18(2)68-34;;;;;;;;;;;;5*1-5(2,3)4/h4-10,18,22-34H,2-3,11-17H2,1H3,(H6,47,48,49,50,51,52,53,54,55,56,57,58,59,60,61,62,63,64);;;;;;;;;;;;5*(H2,1,2,3,4)/q-5;11*+1;;;;;/p-10/t18-,22-,23-,24-,25-,26+,27-,28-,29-,30+,31-,32+,33+,34?,35-;;;;;;;;;;;;;;;;/m1................/s1. The molecule has 0 radical (unpaired) electrons. The second kappa shape index (κ2) is 65.2. The summed E-state index contributed by atoms with van der Waals surface area (Å²) >= 11 is 12.2. The van der Waals surface area contributed by atoms with E-state index in [0.717, 1.165) is 33.1 Å². The van der Waals surface area contributed by atoms with Gasteiger partial charge in [-0.15, -0.1) is 21.8 Å². The molecule has 0 bridgehead atoms. The van der Waals surface area contributed by atoms with E-state index >= 15 is 0 Å². The fourth-order valence-corrected chi connectivity index (χ4v) is 11.3. The van der Waals surface area contributed by atoms with Crippen LogP contribution in [0.1, 0.15) is 24.0 Å². The number of ether oxygens (including phenoxy) is 8. The summed E-state index contributed by atoms with van der Waals surface area (Å²) in [5.74, 6) is -3.03. The number of hydrogen-bond donors (Lipinski definition) is 6. The minimum atomic E-state index is -5.79. The van der Waals surface area contributed by atoms with Gasteiger partial charge in [-0.25, -0.2) is 121 Å². The van der Waals surface area contributed by atoms with Gasteiger partial charge < -0.3 is 112 Å². The summed E-state index contributed by atoms with van der Waals surface area (Å²) in [6.45, 7) is 2.43. The molecular weight excluding hydrogens is 2050 g/mol. The fraction of sp³-hybridized carbons (Fsp3) is 0.686. The largest absolute Gasteiger partial charge is 1.00 e. The Hall–Kier alpha value is 7.25. The van der Waals surface area contributed by atoms with E-state index in [1.807, 2.05) is 0 Å². The van der Waals surface area contributed by atoms with Gasteiger partial charge in [0.2, 0.25) is 120 Å². The molecule has 0 amide bonds. The molecule has 1 unspecified atom stereocenters. The molecular formula is C35H48Cl2N9Na11O52S11-4. The topological polar surface area (TPSA) is 954 Å². The third-order valence-corrected chi connectivity index (χ3v) is 14.7. The van der Waals surface area contributed by atoms with Crippen LogP contribution in [0.3, 0.4) is 0 Å². The van der Waals surface area contributed by atoms with Crippen molar-refractivity contribution in [2.75, 3.05) is 12.5 Å². The monoisotopic (exact) mass is 2100 g/mol. The Bertz CT molecular complexity index is 4570. The van der Waals surface area contributed by atoms with Crippen LogP contribution >= 0.6 is 23.2 Å². The number of rotatable bonds is 30. The van der Waals surface area contributed by atoms with E-state index in [1.54, 1.807) is 6.92 Å². The Kier molecular flexibility index (Phi) is 80.2. The first-order valence-electron chi connectivity index (χ1n) is 26.4. The summed E-state index contributed by atoms with van der Waals surface area (Å²) in [4.78, 5) is 0. The summed E-state index contributed by atoms with van der Waals surface area (Å²) in [6, 6.07) is 0. The van der Waals surface area contributed by atoms with Crippen LogP contribution in [0, 0.1) is 32.6 Å². The third-order valence-electron chi connectivity index (χ3n) is 11.2. The Morgan fingerprint density at radius 1 is 0.492 bits per heavy atom. The van der Waals surface area contributed by atoms with Gasteiger partial charge in [-0.2, -0.15) is 16.3 Å². The first-order chi connectivity index (χ1) is 48.9. The molecule has 4 aliphatic rings. The van der Waals surface area contributed by atoms with Crippen LogP contribution in [0.25, 0.3) is 0 Å². The van der Waals surface area contributed by atoms with Gasteiger partial charge in [0, 0.05) is 36.3 Å². The van der Waals surface area contributed by atoms with Crippen molar-refractivity contribution in [1.29, 1.82) is 0 Å². The molecule has 3 aromatic heterocycles. The predicted molar refractivity (Wildman–Crippen MR) is 310 cm³/mol. The SMILES string of the molecule is O=S(=O)([O-])O.O=S(=O)([O-])O.O=S(=O)([O-])O.O=S(=O)([O-])O.O=S(=O)([O-])O.[CH2-][C@H]1OC(O[C@@]2(CCl)[CH-][C@H](OS(=O)(=O)[O-])[C@@H](C[n+]3cc(CO[C@@H]4[CH-][C@@H](OS(=O)(=O)[O-])[C@H](OS(=O)(=O)[O-])[C@@H](Cn5cc(CO[C@H]6[CH-][C@@H](OS(=O)(=O)[O-])[C@H](OS(=O)(=O)[O-])[C@@H](Cn7cc(COCC)nn7)O6)nn5)O4)n[nH]3)O2)[C@H](OS(=O)(=O)[O-])[CH-][C@H]1Cl.[Na+].[Na+].[Na+].[Na+].[Na+].[Na+].[Na+].[Na+].[Na+].[Na+].[Na+]. The minimum Gasteiger partial charge on any atom is -0.726 e. The van der Waals surface area contributed by atoms with Gasteiger partial charge in [-0.1, -0.05) is 27.1 Å². The molecule has 120 heavy (non-hydrogen) atoms. The van der Waals surface area contributed by atoms with Gasteiger partial charge in [0.25, 0.3) is 0 Å². The first-order valence-corrected chi connectivity index (χ1v) is 42.2. The Morgan fingerprint density at radius 2 is 0.817 bits per heavy atom. The summed E-state index contributed by atoms with van der Waals surface area (Å²) < 4.78 is 451. The van der Waals surface area contributed by atoms with E-state index in [1.165, 1.54) is 12.4 Å². The molecule has 4 fully saturated rings. The number of nitrogens with one attached hydrogen (secondary N) is 1. The molecule has 3 aromatic rings. The van der Waals surface area contributed by atoms with Crippen molar-refractivity contribution in [2.24, 2.45) is 0 Å². The summed E-state index contributed by atoms with van der Waals surface area (Å²) in [7, 11) is -58.4. The van der Waals surface area contributed by atoms with Crippen LogP contribution in [-0.4, -0.2) is 309 Å². The summed E-state index contributed by atoms with van der Waals surface area (Å²) in [5.41, 5.74) is 0.0132.